The number of carboxylic acid groups (broad SMARTS) is 1. The molecule has 2 heterocycles. The second-order valence-corrected chi connectivity index (χ2v) is 6.68. The Kier molecular flexibility index (Phi) is 4.55. The van der Waals surface area contributed by atoms with Crippen LogP contribution in [0.2, 0.25) is 0 Å². The number of hydrogen-bond acceptors (Lipinski definition) is 3. The summed E-state index contributed by atoms with van der Waals surface area (Å²) in [6, 6.07) is 7.59. The smallest absolute Gasteiger partial charge is 0.308 e. The van der Waals surface area contributed by atoms with Gasteiger partial charge in [0.15, 0.2) is 0 Å². The number of carboxylic acids is 1. The van der Waals surface area contributed by atoms with Crippen LogP contribution in [0.1, 0.15) is 35.2 Å². The molecule has 6 heteroatoms. The van der Waals surface area contributed by atoms with Crippen molar-refractivity contribution in [3.63, 3.8) is 0 Å². The van der Waals surface area contributed by atoms with Crippen LogP contribution in [0.15, 0.2) is 24.3 Å². The summed E-state index contributed by atoms with van der Waals surface area (Å²) in [5.74, 6) is -1.55. The Morgan fingerprint density at radius 1 is 1.21 bits per heavy atom. The van der Waals surface area contributed by atoms with Crippen LogP contribution in [-0.4, -0.2) is 58.4 Å². The molecule has 2 saturated heterocycles. The van der Waals surface area contributed by atoms with Gasteiger partial charge >= 0.3 is 5.97 Å². The van der Waals surface area contributed by atoms with E-state index in [1.54, 1.807) is 4.90 Å². The molecule has 2 amide bonds. The summed E-state index contributed by atoms with van der Waals surface area (Å²) in [6.07, 6.45) is 1.50. The monoisotopic (exact) mass is 330 g/mol. The van der Waals surface area contributed by atoms with Gasteiger partial charge < -0.3 is 14.9 Å². The van der Waals surface area contributed by atoms with E-state index < -0.39 is 11.9 Å². The first-order valence-corrected chi connectivity index (χ1v) is 8.34. The highest BCUT2D eigenvalue weighted by Crippen LogP contribution is 2.26. The van der Waals surface area contributed by atoms with Crippen molar-refractivity contribution in [1.29, 1.82) is 0 Å². The van der Waals surface area contributed by atoms with Gasteiger partial charge in [0.1, 0.15) is 0 Å². The van der Waals surface area contributed by atoms with Gasteiger partial charge in [-0.1, -0.05) is 17.7 Å². The largest absolute Gasteiger partial charge is 0.481 e. The lowest BCUT2D eigenvalue weighted by atomic mass is 10.0. The average Bonchev–Trinajstić information content (AvgIpc) is 2.96. The first-order valence-electron chi connectivity index (χ1n) is 8.34. The van der Waals surface area contributed by atoms with Crippen molar-refractivity contribution in [2.75, 3.05) is 19.6 Å². The van der Waals surface area contributed by atoms with Gasteiger partial charge in [0.25, 0.3) is 5.91 Å². The highest BCUT2D eigenvalue weighted by atomic mass is 16.4. The fraction of sp³-hybridized carbons (Fsp3) is 0.500. The molecule has 2 aliphatic rings. The van der Waals surface area contributed by atoms with Crippen LogP contribution in [0.5, 0.6) is 0 Å². The van der Waals surface area contributed by atoms with Crippen molar-refractivity contribution in [2.24, 2.45) is 5.92 Å². The standard InChI is InChI=1S/C18H22N2O4/c1-12-3-2-4-13(9-12)17(22)19-7-5-15(6-8-19)20-11-14(18(23)24)10-16(20)21/h2-4,9,14-15H,5-8,10-11H2,1H3,(H,23,24). The predicted octanol–water partition coefficient (Wildman–Crippen LogP) is 1.53. The Labute approximate surface area is 141 Å². The minimum absolute atomic E-state index is 0.0216. The summed E-state index contributed by atoms with van der Waals surface area (Å²) in [4.78, 5) is 39.2. The summed E-state index contributed by atoms with van der Waals surface area (Å²) in [5.41, 5.74) is 1.75. The van der Waals surface area contributed by atoms with Crippen LogP contribution < -0.4 is 0 Å². The first kappa shape index (κ1) is 16.5. The van der Waals surface area contributed by atoms with Crippen molar-refractivity contribution >= 4 is 17.8 Å². The van der Waals surface area contributed by atoms with Crippen LogP contribution in [0, 0.1) is 12.8 Å². The third kappa shape index (κ3) is 3.27. The van der Waals surface area contributed by atoms with Gasteiger partial charge in [-0.3, -0.25) is 14.4 Å². The summed E-state index contributed by atoms with van der Waals surface area (Å²) >= 11 is 0. The molecule has 0 aromatic heterocycles. The summed E-state index contributed by atoms with van der Waals surface area (Å²) in [7, 11) is 0. The maximum absolute atomic E-state index is 12.6. The lowest BCUT2D eigenvalue weighted by Gasteiger charge is -2.36. The molecule has 1 aromatic rings. The van der Waals surface area contributed by atoms with Crippen molar-refractivity contribution in [2.45, 2.75) is 32.2 Å². The van der Waals surface area contributed by atoms with Gasteiger partial charge in [0, 0.05) is 37.7 Å². The number of aliphatic carboxylic acids is 1. The Balaban J connectivity index is 1.59. The number of piperidine rings is 1. The zero-order chi connectivity index (χ0) is 17.3. The number of carbonyl (C=O) groups excluding carboxylic acids is 2. The maximum atomic E-state index is 12.6. The second kappa shape index (κ2) is 6.63. The van der Waals surface area contributed by atoms with Crippen LogP contribution in [0.3, 0.4) is 0 Å². The predicted molar refractivity (Wildman–Crippen MR) is 87.6 cm³/mol. The number of hydrogen-bond donors (Lipinski definition) is 1. The molecule has 1 aromatic carbocycles. The zero-order valence-corrected chi connectivity index (χ0v) is 13.8. The maximum Gasteiger partial charge on any atom is 0.308 e. The fourth-order valence-corrected chi connectivity index (χ4v) is 3.59. The number of nitrogens with zero attached hydrogens (tertiary/aromatic N) is 2. The van der Waals surface area contributed by atoms with E-state index in [0.29, 0.717) is 38.0 Å². The third-order valence-electron chi connectivity index (χ3n) is 4.97. The quantitative estimate of drug-likeness (QED) is 0.912. The molecule has 0 spiro atoms. The molecule has 0 radical (unpaired) electrons. The van der Waals surface area contributed by atoms with E-state index in [-0.39, 0.29) is 24.3 Å². The number of benzene rings is 1. The molecule has 1 unspecified atom stereocenters. The lowest BCUT2D eigenvalue weighted by molar-refractivity contribution is -0.141. The van der Waals surface area contributed by atoms with Gasteiger partial charge in [-0.15, -0.1) is 0 Å². The Hall–Kier alpha value is -2.37. The number of amides is 2. The average molecular weight is 330 g/mol. The number of aryl methyl sites for hydroxylation is 1. The van der Waals surface area contributed by atoms with E-state index in [0.717, 1.165) is 5.56 Å². The molecular weight excluding hydrogens is 308 g/mol. The number of likely N-dealkylation sites (tertiary alicyclic amines) is 2. The van der Waals surface area contributed by atoms with E-state index in [2.05, 4.69) is 0 Å². The zero-order valence-electron chi connectivity index (χ0n) is 13.8. The highest BCUT2D eigenvalue weighted by molar-refractivity contribution is 5.94. The molecule has 1 N–H and O–H groups in total. The molecule has 1 atom stereocenters. The van der Waals surface area contributed by atoms with Crippen molar-refractivity contribution < 1.29 is 19.5 Å². The number of carbonyl (C=O) groups is 3. The molecule has 0 bridgehead atoms. The van der Waals surface area contributed by atoms with E-state index in [9.17, 15) is 14.4 Å². The third-order valence-corrected chi connectivity index (χ3v) is 4.97. The summed E-state index contributed by atoms with van der Waals surface area (Å²) < 4.78 is 0. The van der Waals surface area contributed by atoms with Crippen molar-refractivity contribution in [1.82, 2.24) is 9.80 Å². The van der Waals surface area contributed by atoms with Gasteiger partial charge in [0.05, 0.1) is 5.92 Å². The minimum atomic E-state index is -0.905. The molecule has 0 aliphatic carbocycles. The second-order valence-electron chi connectivity index (χ2n) is 6.68. The highest BCUT2D eigenvalue weighted by Gasteiger charge is 2.39. The van der Waals surface area contributed by atoms with Crippen LogP contribution >= 0.6 is 0 Å². The molecule has 6 nitrogen and oxygen atoms in total. The Bertz CT molecular complexity index is 665. The summed E-state index contributed by atoms with van der Waals surface area (Å²) in [5, 5.41) is 9.08. The SMILES string of the molecule is Cc1cccc(C(=O)N2CCC(N3CC(C(=O)O)CC3=O)CC2)c1. The summed E-state index contributed by atoms with van der Waals surface area (Å²) in [6.45, 7) is 3.45. The van der Waals surface area contributed by atoms with Crippen molar-refractivity contribution in [3.05, 3.63) is 35.4 Å². The molecule has 24 heavy (non-hydrogen) atoms. The molecule has 2 fully saturated rings. The molecular formula is C18H22N2O4. The van der Waals surface area contributed by atoms with E-state index in [4.69, 9.17) is 5.11 Å². The Morgan fingerprint density at radius 2 is 1.92 bits per heavy atom. The van der Waals surface area contributed by atoms with Gasteiger partial charge in [0.2, 0.25) is 5.91 Å². The van der Waals surface area contributed by atoms with Crippen LogP contribution in [0.25, 0.3) is 0 Å². The van der Waals surface area contributed by atoms with Crippen molar-refractivity contribution in [3.8, 4) is 0 Å². The minimum Gasteiger partial charge on any atom is -0.481 e. The fourth-order valence-electron chi connectivity index (χ4n) is 3.59. The van der Waals surface area contributed by atoms with Gasteiger partial charge in [-0.2, -0.15) is 0 Å². The first-order chi connectivity index (χ1) is 11.5. The van der Waals surface area contributed by atoms with E-state index in [1.165, 1.54) is 0 Å². The number of rotatable bonds is 3. The van der Waals surface area contributed by atoms with E-state index >= 15 is 0 Å². The van der Waals surface area contributed by atoms with Crippen LogP contribution in [-0.2, 0) is 9.59 Å². The molecule has 3 rings (SSSR count). The van der Waals surface area contributed by atoms with Gasteiger partial charge in [-0.05, 0) is 31.9 Å². The topological polar surface area (TPSA) is 77.9 Å². The molecule has 128 valence electrons. The molecule has 0 saturated carbocycles. The molecule has 2 aliphatic heterocycles. The Morgan fingerprint density at radius 3 is 2.50 bits per heavy atom. The lowest BCUT2D eigenvalue weighted by Crippen LogP contribution is -2.47. The van der Waals surface area contributed by atoms with Gasteiger partial charge in [-0.25, -0.2) is 0 Å². The normalized spacial score (nSPS) is 22.0. The van der Waals surface area contributed by atoms with E-state index in [1.807, 2.05) is 36.1 Å². The van der Waals surface area contributed by atoms with Crippen LogP contribution in [0.4, 0.5) is 0 Å².